The lowest BCUT2D eigenvalue weighted by molar-refractivity contribution is 0.434. The summed E-state index contributed by atoms with van der Waals surface area (Å²) in [6.45, 7) is 0. The van der Waals surface area contributed by atoms with Crippen molar-refractivity contribution in [2.75, 3.05) is 9.80 Å². The fourth-order valence-corrected chi connectivity index (χ4v) is 15.4. The molecule has 90 heavy (non-hydrogen) atoms. The second-order valence-electron chi connectivity index (χ2n) is 23.7. The summed E-state index contributed by atoms with van der Waals surface area (Å²) in [5, 5.41) is 2.13. The highest BCUT2D eigenvalue weighted by Crippen LogP contribution is 2.65. The van der Waals surface area contributed by atoms with Gasteiger partial charge in [0, 0.05) is 39.7 Å². The first-order chi connectivity index (χ1) is 44.4. The van der Waals surface area contributed by atoms with E-state index in [1.807, 2.05) is 97.1 Å². The maximum absolute atomic E-state index is 14.7. The first-order valence-electron chi connectivity index (χ1n) is 30.3. The molecule has 19 rings (SSSR count). The van der Waals surface area contributed by atoms with Crippen LogP contribution in [0.1, 0.15) is 44.5 Å². The summed E-state index contributed by atoms with van der Waals surface area (Å²) in [6.07, 6.45) is 0. The van der Waals surface area contributed by atoms with E-state index in [9.17, 15) is 9.59 Å². The Bertz CT molecular complexity index is 5580. The van der Waals surface area contributed by atoms with Crippen LogP contribution in [-0.2, 0) is 10.8 Å². The highest BCUT2D eigenvalue weighted by atomic mass is 16.5. The summed E-state index contributed by atoms with van der Waals surface area (Å²) >= 11 is 0. The molecule has 8 nitrogen and oxygen atoms in total. The number of benzene rings is 13. The van der Waals surface area contributed by atoms with Gasteiger partial charge in [0.25, 0.3) is 0 Å². The maximum Gasteiger partial charge on any atom is 0.200 e. The fourth-order valence-electron chi connectivity index (χ4n) is 15.4. The van der Waals surface area contributed by atoms with Gasteiger partial charge in [-0.2, -0.15) is 0 Å². The average molecular weight is 1160 g/mol. The van der Waals surface area contributed by atoms with Gasteiger partial charge >= 0.3 is 0 Å². The van der Waals surface area contributed by atoms with Crippen LogP contribution in [0.2, 0.25) is 0 Å². The molecule has 0 saturated heterocycles. The van der Waals surface area contributed by atoms with Gasteiger partial charge in [0.2, 0.25) is 10.9 Å². The van der Waals surface area contributed by atoms with Crippen molar-refractivity contribution in [3.8, 4) is 45.3 Å². The molecule has 6 heterocycles. The summed E-state index contributed by atoms with van der Waals surface area (Å²) in [4.78, 5) is 32.8. The van der Waals surface area contributed by atoms with Gasteiger partial charge in [-0.1, -0.05) is 176 Å². The summed E-state index contributed by atoms with van der Waals surface area (Å²) < 4.78 is 26.9. The van der Waals surface area contributed by atoms with Gasteiger partial charge in [-0.3, -0.25) is 9.59 Å². The standard InChI is InChI=1S/C82H48N2O6/c85-79-55-17-1-13-29-71(55)87-75-45-50(35-41-56(75)79)49-33-38-53(39-34-49)83-67-25-9-2-18-59(67)82(60-19-3-10-26-68(60)83)65-24-8-16-32-74(65)89-78-47-52(37-44-66(78)82)51-36-42-57-76(46-51)90-77-48-54(40-43-58(77)80(57)86)84-69-27-11-4-20-61(69)81(62-21-5-12-28-70(62)84)63-22-6-14-30-72(63)88-73-31-15-7-23-64(73)81/h1-48H. The third-order valence-electron chi connectivity index (χ3n) is 19.2. The van der Waals surface area contributed by atoms with Crippen molar-refractivity contribution in [1.82, 2.24) is 0 Å². The Morgan fingerprint density at radius 3 is 1.10 bits per heavy atom. The Kier molecular flexibility index (Phi) is 10.5. The molecule has 422 valence electrons. The van der Waals surface area contributed by atoms with Gasteiger partial charge in [-0.15, -0.1) is 0 Å². The van der Waals surface area contributed by atoms with Crippen LogP contribution >= 0.6 is 0 Å². The Labute approximate surface area is 515 Å². The highest BCUT2D eigenvalue weighted by Gasteiger charge is 2.53. The predicted octanol–water partition coefficient (Wildman–Crippen LogP) is 20.1. The molecule has 15 aromatic rings. The zero-order valence-electron chi connectivity index (χ0n) is 48.1. The zero-order valence-corrected chi connectivity index (χ0v) is 48.1. The van der Waals surface area contributed by atoms with E-state index in [1.165, 1.54) is 0 Å². The normalized spacial score (nSPS) is 14.2. The molecule has 0 atom stereocenters. The van der Waals surface area contributed by atoms with Crippen molar-refractivity contribution in [2.45, 2.75) is 10.8 Å². The van der Waals surface area contributed by atoms with Crippen LogP contribution in [0.15, 0.2) is 310 Å². The van der Waals surface area contributed by atoms with Crippen molar-refractivity contribution in [3.05, 3.63) is 356 Å². The Balaban J connectivity index is 0.710. The number of para-hydroxylation sites is 8. The number of hydrogen-bond donors (Lipinski definition) is 0. The van der Waals surface area contributed by atoms with Gasteiger partial charge in [0.1, 0.15) is 45.3 Å². The van der Waals surface area contributed by atoms with Crippen LogP contribution in [0.5, 0.6) is 23.0 Å². The van der Waals surface area contributed by atoms with Crippen molar-refractivity contribution < 1.29 is 18.3 Å². The zero-order chi connectivity index (χ0) is 59.4. The lowest BCUT2D eigenvalue weighted by atomic mass is 9.61. The largest absolute Gasteiger partial charge is 0.457 e. The summed E-state index contributed by atoms with van der Waals surface area (Å²) in [5.74, 6) is 3.15. The lowest BCUT2D eigenvalue weighted by Crippen LogP contribution is -2.39. The highest BCUT2D eigenvalue weighted by molar-refractivity contribution is 5.98. The second kappa shape index (κ2) is 18.8. The molecule has 2 spiro atoms. The molecule has 13 aromatic carbocycles. The van der Waals surface area contributed by atoms with E-state index >= 15 is 0 Å². The molecule has 0 aliphatic carbocycles. The maximum atomic E-state index is 14.7. The van der Waals surface area contributed by atoms with Crippen LogP contribution in [0.4, 0.5) is 34.1 Å². The van der Waals surface area contributed by atoms with Crippen molar-refractivity contribution in [3.63, 3.8) is 0 Å². The molecule has 0 saturated carbocycles. The molecule has 0 fully saturated rings. The topological polar surface area (TPSA) is 85.4 Å². The molecular formula is C82H48N2O6. The molecule has 0 amide bonds. The molecule has 4 aliphatic heterocycles. The second-order valence-corrected chi connectivity index (χ2v) is 23.7. The first-order valence-corrected chi connectivity index (χ1v) is 30.3. The summed E-state index contributed by atoms with van der Waals surface area (Å²) in [5.41, 5.74) is 18.9. The van der Waals surface area contributed by atoms with Crippen LogP contribution in [0.25, 0.3) is 66.1 Å². The Morgan fingerprint density at radius 2 is 0.578 bits per heavy atom. The van der Waals surface area contributed by atoms with E-state index in [2.05, 4.69) is 204 Å². The molecule has 0 N–H and O–H groups in total. The minimum Gasteiger partial charge on any atom is -0.457 e. The quantitative estimate of drug-likeness (QED) is 0.161. The monoisotopic (exact) mass is 1160 g/mol. The summed E-state index contributed by atoms with van der Waals surface area (Å²) in [6, 6.07) is 100.0. The van der Waals surface area contributed by atoms with Gasteiger partial charge < -0.3 is 28.1 Å². The van der Waals surface area contributed by atoms with Crippen LogP contribution in [-0.4, -0.2) is 0 Å². The van der Waals surface area contributed by atoms with Crippen LogP contribution in [0, 0.1) is 0 Å². The molecule has 0 bridgehead atoms. The van der Waals surface area contributed by atoms with Gasteiger partial charge in [0.15, 0.2) is 0 Å². The Morgan fingerprint density at radius 1 is 0.244 bits per heavy atom. The first kappa shape index (κ1) is 50.2. The number of anilines is 6. The minimum absolute atomic E-state index is 0.0360. The molecule has 0 radical (unpaired) electrons. The Hall–Kier alpha value is -12.0. The minimum atomic E-state index is -0.784. The van der Waals surface area contributed by atoms with Crippen molar-refractivity contribution in [2.24, 2.45) is 0 Å². The molecule has 0 unspecified atom stereocenters. The molecule has 2 aromatic heterocycles. The van der Waals surface area contributed by atoms with E-state index in [4.69, 9.17) is 18.3 Å². The number of rotatable bonds is 4. The van der Waals surface area contributed by atoms with Crippen LogP contribution < -0.4 is 30.1 Å². The third-order valence-corrected chi connectivity index (χ3v) is 19.2. The van der Waals surface area contributed by atoms with E-state index in [0.29, 0.717) is 43.9 Å². The van der Waals surface area contributed by atoms with E-state index < -0.39 is 10.8 Å². The van der Waals surface area contributed by atoms with Crippen molar-refractivity contribution >= 4 is 78.0 Å². The van der Waals surface area contributed by atoms with Crippen LogP contribution in [0.3, 0.4) is 0 Å². The third kappa shape index (κ3) is 6.84. The van der Waals surface area contributed by atoms with E-state index in [0.717, 1.165) is 124 Å². The van der Waals surface area contributed by atoms with Gasteiger partial charge in [0.05, 0.1) is 55.1 Å². The summed E-state index contributed by atoms with van der Waals surface area (Å²) in [7, 11) is 0. The molecule has 8 heteroatoms. The SMILES string of the molecule is O=c1c2ccccc2oc2cc(-c3ccc(N4c5ccccc5C5(c6ccccc6Oc6cc(-c7ccc8c(=O)c9ccc(N%10c%11ccccc%11C%11(c%12ccccc%12Oc%12ccccc%12%11)c%11ccccc%11%10)cc9oc8c7)ccc65)c5ccccc54)cc3)ccc12. The molecule has 4 aliphatic rings. The fraction of sp³-hybridized carbons (Fsp3) is 0.0244. The van der Waals surface area contributed by atoms with Gasteiger partial charge in [-0.25, -0.2) is 0 Å². The van der Waals surface area contributed by atoms with E-state index in [-0.39, 0.29) is 10.9 Å². The number of nitrogens with zero attached hydrogens (tertiary/aromatic N) is 2. The average Bonchev–Trinajstić information content (AvgIpc) is 0.692. The van der Waals surface area contributed by atoms with Gasteiger partial charge in [-0.05, 0) is 154 Å². The predicted molar refractivity (Wildman–Crippen MR) is 358 cm³/mol. The number of hydrogen-bond acceptors (Lipinski definition) is 8. The molecular weight excluding hydrogens is 1110 g/mol. The van der Waals surface area contributed by atoms with Crippen molar-refractivity contribution in [1.29, 1.82) is 0 Å². The lowest BCUT2D eigenvalue weighted by Gasteiger charge is -2.48. The van der Waals surface area contributed by atoms with E-state index in [1.54, 1.807) is 0 Å². The number of ether oxygens (including phenoxy) is 2. The number of fused-ring (bicyclic) bond motifs is 20. The smallest absolute Gasteiger partial charge is 0.200 e.